The smallest absolute Gasteiger partial charge is 0.265 e. The van der Waals surface area contributed by atoms with Gasteiger partial charge in [0.2, 0.25) is 0 Å². The summed E-state index contributed by atoms with van der Waals surface area (Å²) < 4.78 is 12.4. The second-order valence-corrected chi connectivity index (χ2v) is 6.84. The molecule has 0 fully saturated rings. The van der Waals surface area contributed by atoms with Gasteiger partial charge in [0.1, 0.15) is 27.8 Å². The van der Waals surface area contributed by atoms with Crippen molar-refractivity contribution in [1.82, 2.24) is 14.3 Å². The highest BCUT2D eigenvalue weighted by molar-refractivity contribution is 7.19. The normalized spacial score (nSPS) is 10.8. The number of carbonyl (C=O) groups excluding carboxylic acids is 2. The number of amides is 1. The molecular formula is C18H19N3O4S. The van der Waals surface area contributed by atoms with Gasteiger partial charge in [0.05, 0.1) is 14.2 Å². The first-order chi connectivity index (χ1) is 12.4. The van der Waals surface area contributed by atoms with E-state index in [1.54, 1.807) is 50.9 Å². The van der Waals surface area contributed by atoms with Crippen molar-refractivity contribution in [3.8, 4) is 22.8 Å². The number of aryl methyl sites for hydroxylation is 1. The minimum absolute atomic E-state index is 0.115. The number of hydrogen-bond donors (Lipinski definition) is 0. The second-order valence-electron chi connectivity index (χ2n) is 5.86. The Balaban J connectivity index is 2.27. The van der Waals surface area contributed by atoms with Crippen LogP contribution in [0.3, 0.4) is 0 Å². The van der Waals surface area contributed by atoms with Gasteiger partial charge in [0.25, 0.3) is 5.91 Å². The molecular weight excluding hydrogens is 354 g/mol. The number of aromatic nitrogens is 2. The molecule has 0 aliphatic carbocycles. The zero-order valence-electron chi connectivity index (χ0n) is 15.2. The largest absolute Gasteiger partial charge is 0.497 e. The minimum Gasteiger partial charge on any atom is -0.497 e. The van der Waals surface area contributed by atoms with Crippen LogP contribution in [0.2, 0.25) is 0 Å². The third-order valence-corrected chi connectivity index (χ3v) is 5.24. The van der Waals surface area contributed by atoms with Crippen molar-refractivity contribution in [1.29, 1.82) is 0 Å². The summed E-state index contributed by atoms with van der Waals surface area (Å²) >= 11 is 1.26. The number of carbonyl (C=O) groups is 2. The van der Waals surface area contributed by atoms with Gasteiger partial charge in [-0.3, -0.25) is 14.0 Å². The monoisotopic (exact) mass is 373 g/mol. The molecule has 7 nitrogen and oxygen atoms in total. The molecule has 1 aromatic carbocycles. The fourth-order valence-electron chi connectivity index (χ4n) is 2.78. The Morgan fingerprint density at radius 2 is 2.00 bits per heavy atom. The number of fused-ring (bicyclic) bond motifs is 1. The van der Waals surface area contributed by atoms with Crippen LogP contribution in [0.4, 0.5) is 0 Å². The van der Waals surface area contributed by atoms with Crippen LogP contribution in [0.5, 0.6) is 11.5 Å². The molecule has 2 aromatic heterocycles. The number of rotatable bonds is 5. The Bertz CT molecular complexity index is 1000. The van der Waals surface area contributed by atoms with E-state index in [2.05, 4.69) is 4.98 Å². The van der Waals surface area contributed by atoms with Gasteiger partial charge in [0, 0.05) is 25.4 Å². The van der Waals surface area contributed by atoms with E-state index in [1.165, 1.54) is 16.2 Å². The second kappa shape index (κ2) is 6.80. The van der Waals surface area contributed by atoms with Gasteiger partial charge in [-0.05, 0) is 25.1 Å². The van der Waals surface area contributed by atoms with Crippen molar-refractivity contribution >= 4 is 28.5 Å². The highest BCUT2D eigenvalue weighted by Gasteiger charge is 2.24. The van der Waals surface area contributed by atoms with E-state index in [0.717, 1.165) is 6.29 Å². The molecule has 0 aliphatic rings. The third-order valence-electron chi connectivity index (χ3n) is 4.11. The predicted molar refractivity (Wildman–Crippen MR) is 99.8 cm³/mol. The van der Waals surface area contributed by atoms with E-state index in [4.69, 9.17) is 9.47 Å². The Kier molecular flexibility index (Phi) is 4.69. The molecule has 26 heavy (non-hydrogen) atoms. The quantitative estimate of drug-likeness (QED) is 0.643. The summed E-state index contributed by atoms with van der Waals surface area (Å²) in [5.41, 5.74) is 2.21. The van der Waals surface area contributed by atoms with Crippen LogP contribution < -0.4 is 9.47 Å². The summed E-state index contributed by atoms with van der Waals surface area (Å²) in [5.74, 6) is 1.10. The number of benzene rings is 1. The molecule has 0 saturated carbocycles. The van der Waals surface area contributed by atoms with Gasteiger partial charge >= 0.3 is 0 Å². The van der Waals surface area contributed by atoms with Crippen LogP contribution in [0.15, 0.2) is 18.2 Å². The molecule has 0 aliphatic heterocycles. The molecule has 0 atom stereocenters. The number of ether oxygens (including phenoxy) is 2. The fourth-order valence-corrected chi connectivity index (χ4v) is 3.93. The molecule has 3 rings (SSSR count). The van der Waals surface area contributed by atoms with Crippen LogP contribution in [0.25, 0.3) is 16.2 Å². The van der Waals surface area contributed by atoms with E-state index in [1.807, 2.05) is 6.92 Å². The van der Waals surface area contributed by atoms with Crippen LogP contribution in [-0.2, 0) is 0 Å². The molecule has 2 heterocycles. The number of thiazole rings is 1. The maximum absolute atomic E-state index is 12.3. The lowest BCUT2D eigenvalue weighted by molar-refractivity contribution is 0.0831. The van der Waals surface area contributed by atoms with Crippen LogP contribution in [-0.4, -0.2) is 54.8 Å². The van der Waals surface area contributed by atoms with Gasteiger partial charge in [-0.2, -0.15) is 0 Å². The molecule has 1 amide bonds. The summed E-state index contributed by atoms with van der Waals surface area (Å²) in [6, 6.07) is 5.32. The van der Waals surface area contributed by atoms with Gasteiger partial charge in [-0.25, -0.2) is 4.98 Å². The Morgan fingerprint density at radius 3 is 2.58 bits per heavy atom. The van der Waals surface area contributed by atoms with Crippen molar-refractivity contribution in [2.24, 2.45) is 0 Å². The number of methoxy groups -OCH3 is 2. The topological polar surface area (TPSA) is 73.1 Å². The van der Waals surface area contributed by atoms with E-state index in [-0.39, 0.29) is 5.91 Å². The fraction of sp³-hybridized carbons (Fsp3) is 0.278. The SMILES string of the molecule is COc1ccc(OC)c(-c2nc3sc(C(=O)N(C)C)c(C)n3c2C=O)c1. The van der Waals surface area contributed by atoms with Gasteiger partial charge in [0.15, 0.2) is 11.2 Å². The van der Waals surface area contributed by atoms with E-state index >= 15 is 0 Å². The highest BCUT2D eigenvalue weighted by Crippen LogP contribution is 2.37. The van der Waals surface area contributed by atoms with Crippen molar-refractivity contribution in [2.75, 3.05) is 28.3 Å². The summed E-state index contributed by atoms with van der Waals surface area (Å²) in [5, 5.41) is 0. The number of aldehydes is 1. The summed E-state index contributed by atoms with van der Waals surface area (Å²) in [6.45, 7) is 1.81. The average molecular weight is 373 g/mol. The van der Waals surface area contributed by atoms with Crippen molar-refractivity contribution in [2.45, 2.75) is 6.92 Å². The van der Waals surface area contributed by atoms with Gasteiger partial charge in [-0.1, -0.05) is 11.3 Å². The summed E-state index contributed by atoms with van der Waals surface area (Å²) in [6.07, 6.45) is 0.748. The Labute approximate surface area is 154 Å². The first kappa shape index (κ1) is 17.9. The van der Waals surface area contributed by atoms with Crippen molar-refractivity contribution in [3.05, 3.63) is 34.5 Å². The molecule has 0 N–H and O–H groups in total. The number of imidazole rings is 1. The Morgan fingerprint density at radius 1 is 1.27 bits per heavy atom. The molecule has 0 unspecified atom stereocenters. The standard InChI is InChI=1S/C18H19N3O4S/c1-10-16(17(23)20(2)3)26-18-19-15(13(9-22)21(10)18)12-8-11(24-4)6-7-14(12)25-5/h6-9H,1-5H3. The third kappa shape index (κ3) is 2.72. The maximum atomic E-state index is 12.3. The molecule has 8 heteroatoms. The minimum atomic E-state index is -0.115. The highest BCUT2D eigenvalue weighted by atomic mass is 32.1. The molecule has 0 spiro atoms. The Hall–Kier alpha value is -2.87. The predicted octanol–water partition coefficient (Wildman–Crippen LogP) is 2.90. The summed E-state index contributed by atoms with van der Waals surface area (Å²) in [4.78, 5) is 31.5. The summed E-state index contributed by atoms with van der Waals surface area (Å²) in [7, 11) is 6.51. The molecule has 136 valence electrons. The zero-order valence-corrected chi connectivity index (χ0v) is 16.0. The number of hydrogen-bond acceptors (Lipinski definition) is 6. The first-order valence-electron chi connectivity index (χ1n) is 7.84. The van der Waals surface area contributed by atoms with Gasteiger partial charge < -0.3 is 14.4 Å². The van der Waals surface area contributed by atoms with E-state index < -0.39 is 0 Å². The first-order valence-corrected chi connectivity index (χ1v) is 8.65. The van der Waals surface area contributed by atoms with E-state index in [9.17, 15) is 9.59 Å². The lowest BCUT2D eigenvalue weighted by Gasteiger charge is -2.10. The zero-order chi connectivity index (χ0) is 19.0. The molecule has 3 aromatic rings. The maximum Gasteiger partial charge on any atom is 0.265 e. The van der Waals surface area contributed by atoms with Crippen LogP contribution in [0.1, 0.15) is 25.9 Å². The lowest BCUT2D eigenvalue weighted by Crippen LogP contribution is -2.21. The van der Waals surface area contributed by atoms with E-state index in [0.29, 0.717) is 44.0 Å². The van der Waals surface area contributed by atoms with Crippen molar-refractivity contribution in [3.63, 3.8) is 0 Å². The van der Waals surface area contributed by atoms with Crippen LogP contribution in [0, 0.1) is 6.92 Å². The van der Waals surface area contributed by atoms with Gasteiger partial charge in [-0.15, -0.1) is 0 Å². The van der Waals surface area contributed by atoms with Crippen molar-refractivity contribution < 1.29 is 19.1 Å². The lowest BCUT2D eigenvalue weighted by atomic mass is 10.1. The van der Waals surface area contributed by atoms with Crippen LogP contribution >= 0.6 is 11.3 Å². The molecule has 0 saturated heterocycles. The number of nitrogens with zero attached hydrogens (tertiary/aromatic N) is 3. The average Bonchev–Trinajstić information content (AvgIpc) is 3.16. The molecule has 0 radical (unpaired) electrons. The molecule has 0 bridgehead atoms.